The maximum Gasteiger partial charge on any atom is 0.292 e. The van der Waals surface area contributed by atoms with Crippen LogP contribution in [0.4, 0.5) is 11.4 Å². The van der Waals surface area contributed by atoms with Crippen LogP contribution in [0, 0.1) is 22.5 Å². The summed E-state index contributed by atoms with van der Waals surface area (Å²) in [4.78, 5) is 13.1. The predicted molar refractivity (Wildman–Crippen MR) is 83.2 cm³/mol. The van der Waals surface area contributed by atoms with E-state index in [9.17, 15) is 10.1 Å². The van der Waals surface area contributed by atoms with Crippen LogP contribution in [-0.2, 0) is 0 Å². The van der Waals surface area contributed by atoms with E-state index in [1.54, 1.807) is 12.1 Å². The Balaban J connectivity index is 3.24. The molecule has 1 aromatic rings. The molecule has 0 aliphatic heterocycles. The van der Waals surface area contributed by atoms with Crippen LogP contribution in [0.15, 0.2) is 18.2 Å². The number of rotatable bonds is 7. The average molecular weight is 279 g/mol. The van der Waals surface area contributed by atoms with Crippen LogP contribution in [0.1, 0.15) is 32.8 Å². The summed E-state index contributed by atoms with van der Waals surface area (Å²) in [5, 5.41) is 11.3. The predicted octanol–water partition coefficient (Wildman–Crippen LogP) is 3.10. The number of anilines is 1. The van der Waals surface area contributed by atoms with Gasteiger partial charge in [0, 0.05) is 19.2 Å². The number of hydrogen-bond acceptors (Lipinski definition) is 4. The quantitative estimate of drug-likeness (QED) is 0.615. The molecule has 0 heterocycles. The summed E-state index contributed by atoms with van der Waals surface area (Å²) in [6, 6.07) is 5.22. The highest BCUT2D eigenvalue weighted by Crippen LogP contribution is 2.33. The van der Waals surface area contributed by atoms with Crippen molar-refractivity contribution in [3.05, 3.63) is 33.9 Å². The average Bonchev–Trinajstić information content (AvgIpc) is 2.37. The second-order valence-corrected chi connectivity index (χ2v) is 5.99. The first-order valence-electron chi connectivity index (χ1n) is 7.01. The summed E-state index contributed by atoms with van der Waals surface area (Å²) >= 11 is 0. The molecule has 1 rings (SSSR count). The van der Waals surface area contributed by atoms with E-state index in [0.29, 0.717) is 13.1 Å². The lowest BCUT2D eigenvalue weighted by atomic mass is 9.92. The summed E-state index contributed by atoms with van der Waals surface area (Å²) < 4.78 is 0. The smallest absolute Gasteiger partial charge is 0.292 e. The molecule has 2 N–H and O–H groups in total. The van der Waals surface area contributed by atoms with Crippen molar-refractivity contribution < 1.29 is 4.92 Å². The van der Waals surface area contributed by atoms with Gasteiger partial charge in [-0.2, -0.15) is 0 Å². The molecule has 0 amide bonds. The second kappa shape index (κ2) is 6.70. The zero-order valence-corrected chi connectivity index (χ0v) is 12.8. The number of nitrogens with two attached hydrogens (primary N) is 1. The Morgan fingerprint density at radius 3 is 2.55 bits per heavy atom. The lowest BCUT2D eigenvalue weighted by molar-refractivity contribution is -0.384. The van der Waals surface area contributed by atoms with Crippen molar-refractivity contribution in [1.29, 1.82) is 0 Å². The molecular formula is C15H25N3O2. The largest absolute Gasteiger partial charge is 0.365 e. The zero-order chi connectivity index (χ0) is 15.3. The fourth-order valence-corrected chi connectivity index (χ4v) is 2.32. The van der Waals surface area contributed by atoms with Crippen LogP contribution in [0.3, 0.4) is 0 Å². The van der Waals surface area contributed by atoms with Gasteiger partial charge in [-0.05, 0) is 30.9 Å². The van der Waals surface area contributed by atoms with Gasteiger partial charge in [0.05, 0.1) is 4.92 Å². The number of nitro groups is 1. The molecule has 0 aliphatic rings. The van der Waals surface area contributed by atoms with E-state index in [1.165, 1.54) is 0 Å². The maximum atomic E-state index is 11.3. The lowest BCUT2D eigenvalue weighted by Crippen LogP contribution is -2.39. The van der Waals surface area contributed by atoms with Crippen LogP contribution >= 0.6 is 0 Å². The van der Waals surface area contributed by atoms with Gasteiger partial charge in [-0.3, -0.25) is 10.1 Å². The molecular weight excluding hydrogens is 254 g/mol. The maximum absolute atomic E-state index is 11.3. The zero-order valence-electron chi connectivity index (χ0n) is 12.8. The minimum Gasteiger partial charge on any atom is -0.365 e. The molecule has 0 bridgehead atoms. The highest BCUT2D eigenvalue weighted by molar-refractivity contribution is 5.67. The van der Waals surface area contributed by atoms with Crippen molar-refractivity contribution in [2.45, 2.75) is 34.1 Å². The van der Waals surface area contributed by atoms with Crippen molar-refractivity contribution >= 4 is 11.4 Å². The van der Waals surface area contributed by atoms with E-state index in [4.69, 9.17) is 5.73 Å². The van der Waals surface area contributed by atoms with Gasteiger partial charge in [-0.15, -0.1) is 0 Å². The van der Waals surface area contributed by atoms with E-state index in [2.05, 4.69) is 25.7 Å². The molecule has 0 aromatic heterocycles. The Morgan fingerprint density at radius 1 is 1.40 bits per heavy atom. The van der Waals surface area contributed by atoms with Crippen molar-refractivity contribution in [2.24, 2.45) is 11.1 Å². The van der Waals surface area contributed by atoms with E-state index in [1.807, 2.05) is 13.0 Å². The van der Waals surface area contributed by atoms with Gasteiger partial charge < -0.3 is 10.6 Å². The van der Waals surface area contributed by atoms with Gasteiger partial charge in [0.1, 0.15) is 5.69 Å². The Hall–Kier alpha value is -1.62. The molecule has 0 saturated heterocycles. The molecule has 112 valence electrons. The van der Waals surface area contributed by atoms with Crippen LogP contribution in [0.2, 0.25) is 0 Å². The van der Waals surface area contributed by atoms with E-state index < -0.39 is 0 Å². The Kier molecular flexibility index (Phi) is 5.51. The van der Waals surface area contributed by atoms with Crippen molar-refractivity contribution in [2.75, 3.05) is 24.5 Å². The van der Waals surface area contributed by atoms with Gasteiger partial charge in [-0.25, -0.2) is 0 Å². The summed E-state index contributed by atoms with van der Waals surface area (Å²) in [5.41, 5.74) is 7.55. The first-order valence-corrected chi connectivity index (χ1v) is 7.01. The second-order valence-electron chi connectivity index (χ2n) is 5.99. The number of aryl methyl sites for hydroxylation is 1. The summed E-state index contributed by atoms with van der Waals surface area (Å²) in [6.07, 6.45) is 0.937. The Morgan fingerprint density at radius 2 is 2.05 bits per heavy atom. The number of benzene rings is 1. The highest BCUT2D eigenvalue weighted by atomic mass is 16.6. The van der Waals surface area contributed by atoms with Crippen molar-refractivity contribution in [3.8, 4) is 0 Å². The lowest BCUT2D eigenvalue weighted by Gasteiger charge is -2.33. The van der Waals surface area contributed by atoms with Gasteiger partial charge >= 0.3 is 0 Å². The first-order chi connectivity index (χ1) is 9.32. The molecule has 0 unspecified atom stereocenters. The molecule has 5 nitrogen and oxygen atoms in total. The molecule has 0 fully saturated rings. The third kappa shape index (κ3) is 3.93. The van der Waals surface area contributed by atoms with Crippen LogP contribution in [0.5, 0.6) is 0 Å². The fraction of sp³-hybridized carbons (Fsp3) is 0.600. The van der Waals surface area contributed by atoms with E-state index in [-0.39, 0.29) is 16.0 Å². The Bertz CT molecular complexity index is 472. The van der Waals surface area contributed by atoms with Gasteiger partial charge in [0.15, 0.2) is 0 Å². The van der Waals surface area contributed by atoms with Crippen LogP contribution in [0.25, 0.3) is 0 Å². The molecule has 0 spiro atoms. The number of hydrogen-bond donors (Lipinski definition) is 1. The Labute approximate surface area is 120 Å². The summed E-state index contributed by atoms with van der Waals surface area (Å²) in [7, 11) is 0. The number of para-hydroxylation sites is 1. The van der Waals surface area contributed by atoms with E-state index in [0.717, 1.165) is 24.2 Å². The standard InChI is InChI=1S/C15H25N3O2/c1-5-9-17(11-15(3,4)10-16)14-12(2)7-6-8-13(14)18(19)20/h6-8H,5,9-11,16H2,1-4H3. The SMILES string of the molecule is CCCN(CC(C)(C)CN)c1c(C)cccc1[N+](=O)[O-]. The van der Waals surface area contributed by atoms with Crippen molar-refractivity contribution in [1.82, 2.24) is 0 Å². The third-order valence-electron chi connectivity index (χ3n) is 3.39. The number of nitro benzene ring substituents is 1. The molecule has 0 atom stereocenters. The molecule has 1 aromatic carbocycles. The highest BCUT2D eigenvalue weighted by Gasteiger charge is 2.26. The summed E-state index contributed by atoms with van der Waals surface area (Å²) in [5.74, 6) is 0. The fourth-order valence-electron chi connectivity index (χ4n) is 2.32. The minimum absolute atomic E-state index is 0.0781. The van der Waals surface area contributed by atoms with Gasteiger partial charge in [-0.1, -0.05) is 32.9 Å². The first kappa shape index (κ1) is 16.4. The monoisotopic (exact) mass is 279 g/mol. The van der Waals surface area contributed by atoms with Gasteiger partial charge in [0.2, 0.25) is 0 Å². The third-order valence-corrected chi connectivity index (χ3v) is 3.39. The molecule has 5 heteroatoms. The molecule has 0 radical (unpaired) electrons. The molecule has 20 heavy (non-hydrogen) atoms. The molecule has 0 saturated carbocycles. The minimum atomic E-state index is -0.305. The van der Waals surface area contributed by atoms with Gasteiger partial charge in [0.25, 0.3) is 5.69 Å². The van der Waals surface area contributed by atoms with E-state index >= 15 is 0 Å². The van der Waals surface area contributed by atoms with Crippen LogP contribution in [-0.4, -0.2) is 24.6 Å². The normalized spacial score (nSPS) is 11.4. The molecule has 0 aliphatic carbocycles. The van der Waals surface area contributed by atoms with Crippen molar-refractivity contribution in [3.63, 3.8) is 0 Å². The summed E-state index contributed by atoms with van der Waals surface area (Å²) in [6.45, 7) is 10.2. The van der Waals surface area contributed by atoms with Crippen LogP contribution < -0.4 is 10.6 Å². The number of nitrogens with zero attached hydrogens (tertiary/aromatic N) is 2. The topological polar surface area (TPSA) is 72.4 Å².